The fourth-order valence-corrected chi connectivity index (χ4v) is 5.69. The van der Waals surface area contributed by atoms with E-state index < -0.39 is 5.97 Å². The second kappa shape index (κ2) is 37.4. The van der Waals surface area contributed by atoms with E-state index in [0.717, 1.165) is 83.5 Å². The molecule has 0 rings (SSSR count). The van der Waals surface area contributed by atoms with Crippen LogP contribution in [0.25, 0.3) is 0 Å². The van der Waals surface area contributed by atoms with Gasteiger partial charge in [-0.2, -0.15) is 0 Å². The summed E-state index contributed by atoms with van der Waals surface area (Å²) < 4.78 is 5.86. The molecule has 0 amide bonds. The van der Waals surface area contributed by atoms with E-state index >= 15 is 0 Å². The molecule has 0 aliphatic carbocycles. The first kappa shape index (κ1) is 43.9. The number of rotatable bonds is 35. The standard InChI is InChI=1S/C42H74O4/c1-3-5-6-7-8-9-10-11-12-13-14-15-16-20-23-26-29-32-35-39-42(45)46-40(36-4-2)37-33-30-27-24-21-18-17-19-22-25-28-31-34-38-41(43)44/h8-9,11-12,14-15,20,23,40H,3-7,10,13,16-19,21-22,24-39H2,1-2H3,(H,43,44)/b9-8-,12-11-,15-14-,23-20-. The predicted molar refractivity (Wildman–Crippen MR) is 199 cm³/mol. The van der Waals surface area contributed by atoms with Gasteiger partial charge in [0.25, 0.3) is 0 Å². The maximum atomic E-state index is 12.4. The molecule has 0 spiro atoms. The number of hydrogen-bond acceptors (Lipinski definition) is 3. The van der Waals surface area contributed by atoms with Gasteiger partial charge in [0.15, 0.2) is 0 Å². The Balaban J connectivity index is 3.64. The molecule has 0 aliphatic heterocycles. The molecular weight excluding hydrogens is 568 g/mol. The molecule has 0 fully saturated rings. The number of esters is 1. The second-order valence-electron chi connectivity index (χ2n) is 13.1. The number of carbonyl (C=O) groups excluding carboxylic acids is 1. The smallest absolute Gasteiger partial charge is 0.306 e. The van der Waals surface area contributed by atoms with Crippen LogP contribution in [0, 0.1) is 0 Å². The molecule has 1 unspecified atom stereocenters. The molecule has 0 aromatic carbocycles. The van der Waals surface area contributed by atoms with Crippen LogP contribution in [0.5, 0.6) is 0 Å². The lowest BCUT2D eigenvalue weighted by molar-refractivity contribution is -0.150. The fraction of sp³-hybridized carbons (Fsp3) is 0.762. The van der Waals surface area contributed by atoms with Crippen LogP contribution >= 0.6 is 0 Å². The Morgan fingerprint density at radius 1 is 0.478 bits per heavy atom. The van der Waals surface area contributed by atoms with E-state index in [4.69, 9.17) is 9.84 Å². The van der Waals surface area contributed by atoms with Crippen LogP contribution < -0.4 is 0 Å². The molecular formula is C42H74O4. The van der Waals surface area contributed by atoms with Crippen LogP contribution in [0.1, 0.15) is 200 Å². The molecule has 0 bridgehead atoms. The Morgan fingerprint density at radius 3 is 1.37 bits per heavy atom. The summed E-state index contributed by atoms with van der Waals surface area (Å²) in [5.74, 6) is -0.674. The van der Waals surface area contributed by atoms with Gasteiger partial charge in [-0.05, 0) is 77.0 Å². The highest BCUT2D eigenvalue weighted by Gasteiger charge is 2.13. The van der Waals surface area contributed by atoms with Crippen molar-refractivity contribution in [3.8, 4) is 0 Å². The number of allylic oxidation sites excluding steroid dienone is 8. The molecule has 0 saturated heterocycles. The first-order valence-corrected chi connectivity index (χ1v) is 19.6. The number of carboxylic acids is 1. The van der Waals surface area contributed by atoms with E-state index in [1.807, 2.05) is 0 Å². The van der Waals surface area contributed by atoms with E-state index in [0.29, 0.717) is 12.8 Å². The van der Waals surface area contributed by atoms with Crippen LogP contribution in [-0.2, 0) is 14.3 Å². The van der Waals surface area contributed by atoms with Gasteiger partial charge in [0.2, 0.25) is 0 Å². The minimum atomic E-state index is -0.671. The van der Waals surface area contributed by atoms with Gasteiger partial charge in [-0.3, -0.25) is 9.59 Å². The maximum absolute atomic E-state index is 12.4. The van der Waals surface area contributed by atoms with E-state index in [1.165, 1.54) is 89.9 Å². The lowest BCUT2D eigenvalue weighted by Gasteiger charge is -2.17. The van der Waals surface area contributed by atoms with E-state index in [2.05, 4.69) is 62.5 Å². The van der Waals surface area contributed by atoms with Crippen LogP contribution in [0.4, 0.5) is 0 Å². The zero-order valence-corrected chi connectivity index (χ0v) is 30.4. The van der Waals surface area contributed by atoms with Crippen molar-refractivity contribution in [1.82, 2.24) is 0 Å². The topological polar surface area (TPSA) is 63.6 Å². The number of carbonyl (C=O) groups is 2. The predicted octanol–water partition coefficient (Wildman–Crippen LogP) is 13.6. The summed E-state index contributed by atoms with van der Waals surface area (Å²) in [6.45, 7) is 4.42. The zero-order valence-electron chi connectivity index (χ0n) is 30.4. The van der Waals surface area contributed by atoms with Crippen molar-refractivity contribution in [3.63, 3.8) is 0 Å². The van der Waals surface area contributed by atoms with Gasteiger partial charge in [0.05, 0.1) is 0 Å². The molecule has 1 N–H and O–H groups in total. The first-order valence-electron chi connectivity index (χ1n) is 19.6. The lowest BCUT2D eigenvalue weighted by atomic mass is 10.0. The molecule has 0 aromatic heterocycles. The van der Waals surface area contributed by atoms with E-state index in [9.17, 15) is 9.59 Å². The fourth-order valence-electron chi connectivity index (χ4n) is 5.69. The number of unbranched alkanes of at least 4 members (excludes halogenated alkanes) is 18. The highest BCUT2D eigenvalue weighted by atomic mass is 16.5. The first-order chi connectivity index (χ1) is 22.6. The summed E-state index contributed by atoms with van der Waals surface area (Å²) in [4.78, 5) is 22.9. The van der Waals surface area contributed by atoms with Gasteiger partial charge in [-0.15, -0.1) is 0 Å². The Kier molecular flexibility index (Phi) is 35.7. The van der Waals surface area contributed by atoms with Crippen molar-refractivity contribution in [3.05, 3.63) is 48.6 Å². The van der Waals surface area contributed by atoms with Crippen molar-refractivity contribution >= 4 is 11.9 Å². The summed E-state index contributed by atoms with van der Waals surface area (Å²) in [6.07, 6.45) is 50.5. The largest absolute Gasteiger partial charge is 0.481 e. The summed E-state index contributed by atoms with van der Waals surface area (Å²) in [7, 11) is 0. The van der Waals surface area contributed by atoms with Crippen molar-refractivity contribution < 1.29 is 19.4 Å². The van der Waals surface area contributed by atoms with Gasteiger partial charge in [-0.1, -0.05) is 159 Å². The highest BCUT2D eigenvalue weighted by Crippen LogP contribution is 2.17. The Morgan fingerprint density at radius 2 is 0.891 bits per heavy atom. The van der Waals surface area contributed by atoms with Crippen LogP contribution in [0.2, 0.25) is 0 Å². The van der Waals surface area contributed by atoms with Gasteiger partial charge < -0.3 is 9.84 Å². The zero-order chi connectivity index (χ0) is 33.6. The van der Waals surface area contributed by atoms with Crippen molar-refractivity contribution in [2.45, 2.75) is 206 Å². The van der Waals surface area contributed by atoms with E-state index in [-0.39, 0.29) is 12.1 Å². The molecule has 266 valence electrons. The highest BCUT2D eigenvalue weighted by molar-refractivity contribution is 5.69. The monoisotopic (exact) mass is 643 g/mol. The third-order valence-electron chi connectivity index (χ3n) is 8.53. The molecule has 46 heavy (non-hydrogen) atoms. The van der Waals surface area contributed by atoms with Gasteiger partial charge in [0, 0.05) is 12.8 Å². The summed E-state index contributed by atoms with van der Waals surface area (Å²) in [5, 5.41) is 8.66. The minimum absolute atomic E-state index is 0.00330. The summed E-state index contributed by atoms with van der Waals surface area (Å²) in [5.41, 5.74) is 0. The molecule has 0 heterocycles. The molecule has 4 heteroatoms. The minimum Gasteiger partial charge on any atom is -0.481 e. The average molecular weight is 643 g/mol. The number of hydrogen-bond donors (Lipinski definition) is 1. The van der Waals surface area contributed by atoms with Crippen molar-refractivity contribution in [2.75, 3.05) is 0 Å². The SMILES string of the molecule is CCCCC/C=C\C/C=C\C/C=C\C/C=C\CCCCCC(=O)OC(CCC)CCCCCCCCCCCCCCCC(=O)O. The Hall–Kier alpha value is -2.10. The number of carboxylic acid groups (broad SMARTS) is 1. The number of aliphatic carboxylic acids is 1. The summed E-state index contributed by atoms with van der Waals surface area (Å²) in [6, 6.07) is 0. The van der Waals surface area contributed by atoms with Crippen LogP contribution in [-0.4, -0.2) is 23.1 Å². The van der Waals surface area contributed by atoms with Crippen LogP contribution in [0.3, 0.4) is 0 Å². The third kappa shape index (κ3) is 36.4. The average Bonchev–Trinajstić information content (AvgIpc) is 3.03. The molecule has 0 saturated carbocycles. The maximum Gasteiger partial charge on any atom is 0.306 e. The van der Waals surface area contributed by atoms with Gasteiger partial charge in [0.1, 0.15) is 6.10 Å². The van der Waals surface area contributed by atoms with E-state index in [1.54, 1.807) is 0 Å². The van der Waals surface area contributed by atoms with Gasteiger partial charge >= 0.3 is 11.9 Å². The molecule has 4 nitrogen and oxygen atoms in total. The summed E-state index contributed by atoms with van der Waals surface area (Å²) >= 11 is 0. The number of ether oxygens (including phenoxy) is 1. The van der Waals surface area contributed by atoms with Crippen LogP contribution in [0.15, 0.2) is 48.6 Å². The van der Waals surface area contributed by atoms with Gasteiger partial charge in [-0.25, -0.2) is 0 Å². The quantitative estimate of drug-likeness (QED) is 0.0424. The Bertz CT molecular complexity index is 779. The third-order valence-corrected chi connectivity index (χ3v) is 8.53. The molecule has 0 aliphatic rings. The normalized spacial score (nSPS) is 12.7. The van der Waals surface area contributed by atoms with Crippen molar-refractivity contribution in [1.29, 1.82) is 0 Å². The lowest BCUT2D eigenvalue weighted by Crippen LogP contribution is -2.18. The Labute approximate surface area is 285 Å². The molecule has 0 aromatic rings. The molecule has 1 atom stereocenters. The second-order valence-corrected chi connectivity index (χ2v) is 13.1. The molecule has 0 radical (unpaired) electrons. The van der Waals surface area contributed by atoms with Crippen molar-refractivity contribution in [2.24, 2.45) is 0 Å².